The lowest BCUT2D eigenvalue weighted by molar-refractivity contribution is 0.0685. The Hall–Kier alpha value is -1.29. The van der Waals surface area contributed by atoms with Crippen molar-refractivity contribution in [1.29, 1.82) is 0 Å². The van der Waals surface area contributed by atoms with Crippen LogP contribution in [0.4, 0.5) is 5.82 Å². The molecule has 0 bridgehead atoms. The van der Waals surface area contributed by atoms with Crippen LogP contribution in [-0.2, 0) is 0 Å². The maximum atomic E-state index is 12.8. The summed E-state index contributed by atoms with van der Waals surface area (Å²) in [5.41, 5.74) is 0.527. The number of carbonyl (C=O) groups is 1. The Kier molecular flexibility index (Phi) is 7.51. The Morgan fingerprint density at radius 3 is 2.71 bits per heavy atom. The maximum Gasteiger partial charge on any atom is 0.255 e. The Morgan fingerprint density at radius 1 is 1.43 bits per heavy atom. The summed E-state index contributed by atoms with van der Waals surface area (Å²) in [4.78, 5) is 18.9. The van der Waals surface area contributed by atoms with Gasteiger partial charge in [-0.1, -0.05) is 31.9 Å². The van der Waals surface area contributed by atoms with E-state index in [0.29, 0.717) is 16.4 Å². The number of unbranched alkanes of at least 4 members (excludes halogenated alkanes) is 1. The van der Waals surface area contributed by atoms with E-state index in [0.717, 1.165) is 32.4 Å². The van der Waals surface area contributed by atoms with Crippen LogP contribution in [0, 0.1) is 0 Å². The van der Waals surface area contributed by atoms with Gasteiger partial charge in [0.15, 0.2) is 0 Å². The number of hydrogen-bond donors (Lipinski definition) is 1. The second kappa shape index (κ2) is 8.88. The van der Waals surface area contributed by atoms with E-state index in [2.05, 4.69) is 31.1 Å². The number of nitrogens with zero attached hydrogens (tertiary/aromatic N) is 2. The molecule has 0 aliphatic heterocycles. The number of aromatic nitrogens is 1. The molecular weight excluding hydrogens is 286 g/mol. The van der Waals surface area contributed by atoms with Gasteiger partial charge in [-0.2, -0.15) is 0 Å². The highest BCUT2D eigenvalue weighted by atomic mass is 35.5. The fourth-order valence-corrected chi connectivity index (χ4v) is 2.29. The molecule has 1 amide bonds. The Balaban J connectivity index is 3.04. The van der Waals surface area contributed by atoms with Gasteiger partial charge in [-0.15, -0.1) is 0 Å². The molecule has 4 nitrogen and oxygen atoms in total. The second-order valence-electron chi connectivity index (χ2n) is 5.19. The Labute approximate surface area is 132 Å². The molecule has 0 saturated carbocycles. The van der Waals surface area contributed by atoms with Gasteiger partial charge >= 0.3 is 0 Å². The standard InChI is InChI=1S/C16H26ClN3O/c1-5-8-9-20(12(4)6-2)16(21)13-10-15(18-7-3)19-11-14(13)17/h10-12H,5-9H2,1-4H3,(H,18,19). The number of nitrogens with one attached hydrogen (secondary N) is 1. The summed E-state index contributed by atoms with van der Waals surface area (Å²) in [6, 6.07) is 1.95. The minimum absolute atomic E-state index is 0.00986. The van der Waals surface area contributed by atoms with Crippen molar-refractivity contribution in [2.75, 3.05) is 18.4 Å². The number of rotatable bonds is 8. The average Bonchev–Trinajstić information content (AvgIpc) is 2.49. The van der Waals surface area contributed by atoms with E-state index >= 15 is 0 Å². The number of amides is 1. The number of anilines is 1. The van der Waals surface area contributed by atoms with E-state index in [1.807, 2.05) is 11.8 Å². The largest absolute Gasteiger partial charge is 0.370 e. The topological polar surface area (TPSA) is 45.2 Å². The molecule has 1 rings (SSSR count). The van der Waals surface area contributed by atoms with E-state index in [4.69, 9.17) is 11.6 Å². The van der Waals surface area contributed by atoms with Crippen molar-refractivity contribution >= 4 is 23.3 Å². The molecule has 0 spiro atoms. The fourth-order valence-electron chi connectivity index (χ4n) is 2.11. The van der Waals surface area contributed by atoms with Gasteiger partial charge in [0.25, 0.3) is 5.91 Å². The number of carbonyl (C=O) groups excluding carboxylic acids is 1. The summed E-state index contributed by atoms with van der Waals surface area (Å²) in [6.07, 6.45) is 4.53. The molecule has 0 aliphatic rings. The summed E-state index contributed by atoms with van der Waals surface area (Å²) < 4.78 is 0. The maximum absolute atomic E-state index is 12.8. The van der Waals surface area contributed by atoms with E-state index in [9.17, 15) is 4.79 Å². The molecular formula is C16H26ClN3O. The first-order chi connectivity index (χ1) is 10.0. The lowest BCUT2D eigenvalue weighted by atomic mass is 10.1. The summed E-state index contributed by atoms with van der Waals surface area (Å²) in [6.45, 7) is 9.81. The summed E-state index contributed by atoms with van der Waals surface area (Å²) in [5, 5.41) is 3.52. The highest BCUT2D eigenvalue weighted by molar-refractivity contribution is 6.33. The smallest absolute Gasteiger partial charge is 0.255 e. The summed E-state index contributed by atoms with van der Waals surface area (Å²) >= 11 is 6.18. The third kappa shape index (κ3) is 4.88. The van der Waals surface area contributed by atoms with Gasteiger partial charge < -0.3 is 10.2 Å². The first kappa shape index (κ1) is 17.8. The van der Waals surface area contributed by atoms with Crippen molar-refractivity contribution in [1.82, 2.24) is 9.88 Å². The van der Waals surface area contributed by atoms with Crippen LogP contribution in [0.1, 0.15) is 57.3 Å². The molecule has 1 aromatic rings. The van der Waals surface area contributed by atoms with E-state index in [1.165, 1.54) is 0 Å². The van der Waals surface area contributed by atoms with Crippen molar-refractivity contribution in [3.63, 3.8) is 0 Å². The molecule has 118 valence electrons. The molecule has 0 radical (unpaired) electrons. The average molecular weight is 312 g/mol. The van der Waals surface area contributed by atoms with Crippen LogP contribution in [0.25, 0.3) is 0 Å². The van der Waals surface area contributed by atoms with Crippen LogP contribution in [0.5, 0.6) is 0 Å². The van der Waals surface area contributed by atoms with Crippen molar-refractivity contribution in [2.24, 2.45) is 0 Å². The van der Waals surface area contributed by atoms with Gasteiger partial charge in [-0.3, -0.25) is 4.79 Å². The molecule has 1 atom stereocenters. The predicted octanol–water partition coefficient (Wildman–Crippen LogP) is 4.21. The summed E-state index contributed by atoms with van der Waals surface area (Å²) in [7, 11) is 0. The van der Waals surface area contributed by atoms with E-state index in [-0.39, 0.29) is 11.9 Å². The Morgan fingerprint density at radius 2 is 2.14 bits per heavy atom. The van der Waals surface area contributed by atoms with Crippen LogP contribution in [0.3, 0.4) is 0 Å². The van der Waals surface area contributed by atoms with E-state index < -0.39 is 0 Å². The normalized spacial score (nSPS) is 12.0. The number of halogens is 1. The zero-order valence-electron chi connectivity index (χ0n) is 13.4. The summed E-state index contributed by atoms with van der Waals surface area (Å²) in [5.74, 6) is 0.675. The van der Waals surface area contributed by atoms with E-state index in [1.54, 1.807) is 12.3 Å². The van der Waals surface area contributed by atoms with Crippen LogP contribution in [0.15, 0.2) is 12.3 Å². The first-order valence-corrected chi connectivity index (χ1v) is 8.13. The number of hydrogen-bond acceptors (Lipinski definition) is 3. The zero-order chi connectivity index (χ0) is 15.8. The van der Waals surface area contributed by atoms with Crippen LogP contribution < -0.4 is 5.32 Å². The predicted molar refractivity (Wildman–Crippen MR) is 89.1 cm³/mol. The quantitative estimate of drug-likeness (QED) is 0.782. The van der Waals surface area contributed by atoms with Crippen molar-refractivity contribution < 1.29 is 4.79 Å². The lowest BCUT2D eigenvalue weighted by Gasteiger charge is -2.29. The van der Waals surface area contributed by atoms with Crippen LogP contribution in [0.2, 0.25) is 5.02 Å². The third-order valence-electron chi connectivity index (χ3n) is 3.58. The van der Waals surface area contributed by atoms with Gasteiger partial charge in [0, 0.05) is 25.3 Å². The SMILES string of the molecule is CCCCN(C(=O)c1cc(NCC)ncc1Cl)C(C)CC. The fraction of sp³-hybridized carbons (Fsp3) is 0.625. The molecule has 1 N–H and O–H groups in total. The molecule has 0 saturated heterocycles. The molecule has 1 unspecified atom stereocenters. The minimum atomic E-state index is -0.00986. The highest BCUT2D eigenvalue weighted by Gasteiger charge is 2.22. The minimum Gasteiger partial charge on any atom is -0.370 e. The van der Waals surface area contributed by atoms with Crippen LogP contribution >= 0.6 is 11.6 Å². The second-order valence-corrected chi connectivity index (χ2v) is 5.60. The van der Waals surface area contributed by atoms with Crippen LogP contribution in [-0.4, -0.2) is 34.9 Å². The lowest BCUT2D eigenvalue weighted by Crippen LogP contribution is -2.39. The van der Waals surface area contributed by atoms with Gasteiger partial charge in [0.05, 0.1) is 10.6 Å². The molecule has 0 aliphatic carbocycles. The van der Waals surface area contributed by atoms with Gasteiger partial charge in [-0.05, 0) is 32.8 Å². The zero-order valence-corrected chi connectivity index (χ0v) is 14.2. The first-order valence-electron chi connectivity index (χ1n) is 7.75. The number of pyridine rings is 1. The van der Waals surface area contributed by atoms with Crippen molar-refractivity contribution in [3.8, 4) is 0 Å². The van der Waals surface area contributed by atoms with Crippen molar-refractivity contribution in [3.05, 3.63) is 22.8 Å². The molecule has 0 fully saturated rings. The van der Waals surface area contributed by atoms with Gasteiger partial charge in [-0.25, -0.2) is 4.98 Å². The molecule has 1 heterocycles. The van der Waals surface area contributed by atoms with Gasteiger partial charge in [0.1, 0.15) is 5.82 Å². The molecule has 1 aromatic heterocycles. The molecule has 21 heavy (non-hydrogen) atoms. The monoisotopic (exact) mass is 311 g/mol. The van der Waals surface area contributed by atoms with Crippen molar-refractivity contribution in [2.45, 2.75) is 53.0 Å². The Bertz CT molecular complexity index is 465. The molecule has 0 aromatic carbocycles. The van der Waals surface area contributed by atoms with Gasteiger partial charge in [0.2, 0.25) is 0 Å². The highest BCUT2D eigenvalue weighted by Crippen LogP contribution is 2.21. The molecule has 5 heteroatoms. The third-order valence-corrected chi connectivity index (χ3v) is 3.88.